The summed E-state index contributed by atoms with van der Waals surface area (Å²) in [6, 6.07) is 0. The van der Waals surface area contributed by atoms with Crippen LogP contribution in [0.1, 0.15) is 120 Å². The number of aliphatic hydroxyl groups excluding tert-OH is 13. The number of carbonyl (C=O) groups excluding carboxylic acids is 1. The molecular weight excluding hydrogens is 1030 g/mol. The van der Waals surface area contributed by atoms with Gasteiger partial charge in [-0.1, -0.05) is 60.1 Å². The van der Waals surface area contributed by atoms with Gasteiger partial charge in [-0.05, 0) is 99.7 Å². The topological polar surface area (TPSA) is 374 Å². The summed E-state index contributed by atoms with van der Waals surface area (Å²) in [7, 11) is 0. The van der Waals surface area contributed by atoms with Crippen molar-refractivity contribution in [3.05, 3.63) is 11.6 Å². The maximum absolute atomic E-state index is 15.2. The molecule has 0 aromatic rings. The van der Waals surface area contributed by atoms with E-state index in [1.165, 1.54) is 0 Å². The highest BCUT2D eigenvalue weighted by atomic mass is 16.8. The number of hydrogen-bond acceptors (Lipinski definition) is 23. The molecule has 14 N–H and O–H groups in total. The molecule has 0 bridgehead atoms. The summed E-state index contributed by atoms with van der Waals surface area (Å²) in [5.74, 6) is 0.198. The molecule has 450 valence electrons. The first-order chi connectivity index (χ1) is 36.4. The van der Waals surface area contributed by atoms with E-state index in [9.17, 15) is 71.5 Å². The zero-order chi connectivity index (χ0) is 57.5. The van der Waals surface area contributed by atoms with Crippen molar-refractivity contribution in [2.45, 2.75) is 261 Å². The molecule has 8 rings (SSSR count). The minimum Gasteiger partial charge on any atom is -0.394 e. The smallest absolute Gasteiger partial charge is 0.187 e. The van der Waals surface area contributed by atoms with Crippen LogP contribution in [0.4, 0.5) is 0 Å². The Morgan fingerprint density at radius 3 is 1.76 bits per heavy atom. The predicted molar refractivity (Wildman–Crippen MR) is 270 cm³/mol. The molecular formula is C55H92O23. The van der Waals surface area contributed by atoms with Gasteiger partial charge in [-0.3, -0.25) is 4.79 Å². The fourth-order valence-corrected chi connectivity index (χ4v) is 15.5. The molecule has 3 unspecified atom stereocenters. The Morgan fingerprint density at radius 1 is 0.641 bits per heavy atom. The SMILES string of the molecule is CC[C@@H]1O[C@H](O[C@H]2[C@H](O[C@H](CC[C@@H](C)C3CC[C@@]4(C)C5CC=C6C(CC[C@H](O[C@@H]7O[C@H](CO[C@@H]8O[C@H](CO)[C@@H](O)[C@H](O)[C@H]8O)[C@@H](O)[C@H](O)[C@H]7O)C6(C)C)[C@]5(C)C(=O)C[C@]34C)C(C)(C)O)O[C@H](CO)[C@@H](O)[C@@H]2O)[C@@H](O)[C@H](O)[C@H]1O. The van der Waals surface area contributed by atoms with Gasteiger partial charge in [0, 0.05) is 17.3 Å². The lowest BCUT2D eigenvalue weighted by molar-refractivity contribution is -0.374. The molecule has 0 radical (unpaired) electrons. The Hall–Kier alpha value is -1.47. The number of rotatable bonds is 17. The fourth-order valence-electron chi connectivity index (χ4n) is 15.5. The third kappa shape index (κ3) is 10.9. The van der Waals surface area contributed by atoms with Gasteiger partial charge in [-0.25, -0.2) is 0 Å². The number of ketones is 1. The Kier molecular flexibility index (Phi) is 18.9. The standard InChI is InChI=1S/C55H92O23/c1-10-27-35(59)39(63)45(69)49(72-27)78-46-42(66)37(61)29(21-57)74-50(46)77-34(52(5,6)70)15-11-23(2)24-17-18-53(7)31-14-12-25-26(55(31,9)32(58)19-54(24,53)8)13-16-33(51(25,3)4)76-48-44(68)41(65)38(62)30(75-48)22-71-47-43(67)40(64)36(60)28(20-56)73-47/h12,23-24,26-31,33-50,56-57,59-70H,10-11,13-22H2,1-9H3/t23-,24?,26?,27+,28-,29-,30-,31?,33+,34-,35+,36-,37-,38-,39-,40+,41+,42+,43-,44-,45+,46-,47-,48+,49-,50+,53+,54-,55+/m1/s1. The van der Waals surface area contributed by atoms with Crippen LogP contribution >= 0.6 is 0 Å². The summed E-state index contributed by atoms with van der Waals surface area (Å²) in [4.78, 5) is 15.2. The first kappa shape index (κ1) is 62.6. The van der Waals surface area contributed by atoms with E-state index in [1.54, 1.807) is 20.8 Å². The molecule has 0 amide bonds. The normalized spacial score (nSPS) is 50.5. The molecule has 7 fully saturated rings. The molecule has 23 nitrogen and oxygen atoms in total. The molecule has 4 aliphatic heterocycles. The Labute approximate surface area is 456 Å². The van der Waals surface area contributed by atoms with Gasteiger partial charge in [0.15, 0.2) is 25.2 Å². The quantitative estimate of drug-likeness (QED) is 0.0729. The highest BCUT2D eigenvalue weighted by molar-refractivity contribution is 5.88. The predicted octanol–water partition coefficient (Wildman–Crippen LogP) is -1.61. The van der Waals surface area contributed by atoms with Crippen molar-refractivity contribution in [1.82, 2.24) is 0 Å². The summed E-state index contributed by atoms with van der Waals surface area (Å²) in [6.07, 6.45) is -25.0. The number of carbonyl (C=O) groups is 1. The van der Waals surface area contributed by atoms with Crippen LogP contribution in [0.15, 0.2) is 11.6 Å². The van der Waals surface area contributed by atoms with Crippen molar-refractivity contribution in [3.8, 4) is 0 Å². The highest BCUT2D eigenvalue weighted by Gasteiger charge is 2.71. The summed E-state index contributed by atoms with van der Waals surface area (Å²) >= 11 is 0. The van der Waals surface area contributed by atoms with Crippen LogP contribution in [0.2, 0.25) is 0 Å². The molecule has 4 aliphatic carbocycles. The van der Waals surface area contributed by atoms with Crippen molar-refractivity contribution in [2.24, 2.45) is 45.3 Å². The first-order valence-corrected chi connectivity index (χ1v) is 28.3. The van der Waals surface area contributed by atoms with E-state index >= 15 is 4.79 Å². The second-order valence-electron chi connectivity index (χ2n) is 25.9. The van der Waals surface area contributed by atoms with Gasteiger partial charge in [0.2, 0.25) is 0 Å². The molecule has 8 aliphatic rings. The minimum absolute atomic E-state index is 0.00205. The Balaban J connectivity index is 0.941. The van der Waals surface area contributed by atoms with Gasteiger partial charge in [-0.2, -0.15) is 0 Å². The number of Topliss-reactive ketones (excluding diaryl/α,β-unsaturated/α-hetero) is 1. The van der Waals surface area contributed by atoms with Crippen LogP contribution in [-0.2, 0) is 42.7 Å². The molecule has 4 heterocycles. The molecule has 29 atom stereocenters. The average molecular weight is 1120 g/mol. The van der Waals surface area contributed by atoms with Gasteiger partial charge in [0.25, 0.3) is 0 Å². The lowest BCUT2D eigenvalue weighted by Gasteiger charge is -2.65. The van der Waals surface area contributed by atoms with E-state index in [-0.39, 0.29) is 47.7 Å². The van der Waals surface area contributed by atoms with E-state index < -0.39 is 177 Å². The number of ether oxygens (including phenoxy) is 8. The second kappa shape index (κ2) is 23.5. The average Bonchev–Trinajstić information content (AvgIpc) is 3.84. The van der Waals surface area contributed by atoms with E-state index in [1.807, 2.05) is 13.8 Å². The van der Waals surface area contributed by atoms with Crippen LogP contribution in [0.3, 0.4) is 0 Å². The Bertz CT molecular complexity index is 2070. The zero-order valence-corrected chi connectivity index (χ0v) is 46.5. The minimum atomic E-state index is -1.75. The summed E-state index contributed by atoms with van der Waals surface area (Å²) < 4.78 is 47.9. The van der Waals surface area contributed by atoms with Crippen LogP contribution in [-0.4, -0.2) is 238 Å². The molecule has 23 heteroatoms. The van der Waals surface area contributed by atoms with Crippen molar-refractivity contribution in [2.75, 3.05) is 19.8 Å². The lowest BCUT2D eigenvalue weighted by atomic mass is 9.38. The molecule has 4 saturated heterocycles. The lowest BCUT2D eigenvalue weighted by Crippen LogP contribution is -2.65. The van der Waals surface area contributed by atoms with Gasteiger partial charge < -0.3 is 109 Å². The van der Waals surface area contributed by atoms with Crippen molar-refractivity contribution in [3.63, 3.8) is 0 Å². The van der Waals surface area contributed by atoms with E-state index in [2.05, 4.69) is 33.8 Å². The third-order valence-electron chi connectivity index (χ3n) is 20.7. The van der Waals surface area contributed by atoms with Crippen LogP contribution in [0.25, 0.3) is 0 Å². The van der Waals surface area contributed by atoms with E-state index in [4.69, 9.17) is 37.9 Å². The van der Waals surface area contributed by atoms with Gasteiger partial charge >= 0.3 is 0 Å². The van der Waals surface area contributed by atoms with Crippen LogP contribution in [0.5, 0.6) is 0 Å². The highest BCUT2D eigenvalue weighted by Crippen LogP contribution is 2.74. The van der Waals surface area contributed by atoms with Crippen LogP contribution < -0.4 is 0 Å². The number of aliphatic hydroxyl groups is 14. The number of hydrogen-bond donors (Lipinski definition) is 14. The van der Waals surface area contributed by atoms with Gasteiger partial charge in [-0.15, -0.1) is 0 Å². The Morgan fingerprint density at radius 2 is 1.17 bits per heavy atom. The van der Waals surface area contributed by atoms with Gasteiger partial charge in [0.05, 0.1) is 43.7 Å². The molecule has 0 spiro atoms. The van der Waals surface area contributed by atoms with Crippen molar-refractivity contribution in [1.29, 1.82) is 0 Å². The van der Waals surface area contributed by atoms with E-state index in [0.29, 0.717) is 32.1 Å². The summed E-state index contributed by atoms with van der Waals surface area (Å²) in [5.41, 5.74) is -2.49. The number of allylic oxidation sites excluding steroid dienone is 1. The largest absolute Gasteiger partial charge is 0.394 e. The maximum Gasteiger partial charge on any atom is 0.187 e. The third-order valence-corrected chi connectivity index (χ3v) is 20.7. The fraction of sp³-hybridized carbons (Fsp3) is 0.945. The monoisotopic (exact) mass is 1120 g/mol. The number of fused-ring (bicyclic) bond motifs is 5. The summed E-state index contributed by atoms with van der Waals surface area (Å²) in [5, 5.41) is 149. The molecule has 0 aromatic carbocycles. The molecule has 0 aromatic heterocycles. The first-order valence-electron chi connectivity index (χ1n) is 28.3. The second-order valence-corrected chi connectivity index (χ2v) is 25.9. The molecule has 78 heavy (non-hydrogen) atoms. The van der Waals surface area contributed by atoms with E-state index in [0.717, 1.165) is 18.4 Å². The van der Waals surface area contributed by atoms with Crippen LogP contribution in [0, 0.1) is 45.3 Å². The summed E-state index contributed by atoms with van der Waals surface area (Å²) in [6.45, 7) is 15.9. The maximum atomic E-state index is 15.2. The van der Waals surface area contributed by atoms with Gasteiger partial charge in [0.1, 0.15) is 97.3 Å². The zero-order valence-electron chi connectivity index (χ0n) is 46.5. The molecule has 3 saturated carbocycles. The van der Waals surface area contributed by atoms with Crippen molar-refractivity contribution >= 4 is 5.78 Å². The van der Waals surface area contributed by atoms with Crippen molar-refractivity contribution < 1.29 is 114 Å².